The molecule has 0 amide bonds. The molecule has 1 aromatic heterocycles. The second-order valence-corrected chi connectivity index (χ2v) is 3.72. The van der Waals surface area contributed by atoms with Gasteiger partial charge in [0.1, 0.15) is 6.10 Å². The first kappa shape index (κ1) is 12.4. The van der Waals surface area contributed by atoms with Crippen molar-refractivity contribution < 1.29 is 19.1 Å². The summed E-state index contributed by atoms with van der Waals surface area (Å²) in [6.45, 7) is 1.82. The van der Waals surface area contributed by atoms with Crippen molar-refractivity contribution in [1.82, 2.24) is 10.1 Å². The highest BCUT2D eigenvalue weighted by Crippen LogP contribution is 2.31. The van der Waals surface area contributed by atoms with E-state index < -0.39 is 0 Å². The summed E-state index contributed by atoms with van der Waals surface area (Å²) in [4.78, 5) is 4.19. The van der Waals surface area contributed by atoms with Crippen molar-refractivity contribution in [3.63, 3.8) is 0 Å². The lowest BCUT2D eigenvalue weighted by atomic mass is 10.2. The van der Waals surface area contributed by atoms with E-state index in [1.54, 1.807) is 19.2 Å². The molecule has 6 heteroatoms. The van der Waals surface area contributed by atoms with Crippen LogP contribution in [-0.2, 0) is 4.74 Å². The molecule has 1 heterocycles. The van der Waals surface area contributed by atoms with E-state index in [1.165, 1.54) is 13.2 Å². The maximum Gasteiger partial charge on any atom is 0.258 e. The number of hydrogen-bond acceptors (Lipinski definition) is 6. The first-order chi connectivity index (χ1) is 8.65. The van der Waals surface area contributed by atoms with E-state index in [-0.39, 0.29) is 11.9 Å². The van der Waals surface area contributed by atoms with Gasteiger partial charge in [0.25, 0.3) is 5.89 Å². The van der Waals surface area contributed by atoms with E-state index in [1.807, 2.05) is 6.92 Å². The number of benzene rings is 1. The van der Waals surface area contributed by atoms with Gasteiger partial charge in [0.05, 0.1) is 7.11 Å². The Bertz CT molecular complexity index is 539. The number of aromatic hydroxyl groups is 1. The van der Waals surface area contributed by atoms with Gasteiger partial charge in [-0.15, -0.1) is 0 Å². The zero-order chi connectivity index (χ0) is 13.1. The number of nitrogens with zero attached hydrogens (tertiary/aromatic N) is 2. The van der Waals surface area contributed by atoms with Crippen LogP contribution >= 0.6 is 0 Å². The molecule has 96 valence electrons. The van der Waals surface area contributed by atoms with Crippen LogP contribution in [-0.4, -0.2) is 29.5 Å². The van der Waals surface area contributed by atoms with Crippen molar-refractivity contribution in [3.8, 4) is 23.0 Å². The number of rotatable bonds is 4. The van der Waals surface area contributed by atoms with Gasteiger partial charge >= 0.3 is 0 Å². The van der Waals surface area contributed by atoms with Crippen LogP contribution in [0.5, 0.6) is 11.5 Å². The van der Waals surface area contributed by atoms with Crippen LogP contribution in [0.2, 0.25) is 0 Å². The zero-order valence-corrected chi connectivity index (χ0v) is 10.4. The molecule has 0 aliphatic carbocycles. The van der Waals surface area contributed by atoms with E-state index in [0.717, 1.165) is 0 Å². The van der Waals surface area contributed by atoms with Crippen LogP contribution in [0.15, 0.2) is 22.7 Å². The molecule has 1 unspecified atom stereocenters. The molecule has 18 heavy (non-hydrogen) atoms. The average molecular weight is 250 g/mol. The van der Waals surface area contributed by atoms with Gasteiger partial charge in [0.2, 0.25) is 5.82 Å². The Kier molecular flexibility index (Phi) is 3.47. The largest absolute Gasteiger partial charge is 0.504 e. The molecule has 2 aromatic rings. The summed E-state index contributed by atoms with van der Waals surface area (Å²) >= 11 is 0. The number of phenols is 1. The SMILES string of the molecule is COc1ccc(-c2nc(C(C)OC)no2)cc1O. The Morgan fingerprint density at radius 2 is 2.11 bits per heavy atom. The second kappa shape index (κ2) is 5.05. The number of hydrogen-bond donors (Lipinski definition) is 1. The summed E-state index contributed by atoms with van der Waals surface area (Å²) in [6, 6.07) is 4.87. The summed E-state index contributed by atoms with van der Waals surface area (Å²) in [6.07, 6.45) is -0.241. The third-order valence-electron chi connectivity index (χ3n) is 2.58. The molecular weight excluding hydrogens is 236 g/mol. The number of ether oxygens (including phenoxy) is 2. The van der Waals surface area contributed by atoms with E-state index in [9.17, 15) is 5.11 Å². The lowest BCUT2D eigenvalue weighted by molar-refractivity contribution is 0.109. The average Bonchev–Trinajstić information content (AvgIpc) is 2.87. The van der Waals surface area contributed by atoms with E-state index in [4.69, 9.17) is 14.0 Å². The maximum absolute atomic E-state index is 9.68. The van der Waals surface area contributed by atoms with Crippen molar-refractivity contribution in [1.29, 1.82) is 0 Å². The predicted molar refractivity (Wildman–Crippen MR) is 63.4 cm³/mol. The molecule has 0 bridgehead atoms. The van der Waals surface area contributed by atoms with Crippen LogP contribution in [0.1, 0.15) is 18.9 Å². The molecule has 0 fully saturated rings. The Balaban J connectivity index is 2.31. The highest BCUT2D eigenvalue weighted by Gasteiger charge is 2.15. The number of aromatic nitrogens is 2. The number of methoxy groups -OCH3 is 2. The van der Waals surface area contributed by atoms with Crippen molar-refractivity contribution in [3.05, 3.63) is 24.0 Å². The molecule has 0 aliphatic heterocycles. The van der Waals surface area contributed by atoms with Crippen molar-refractivity contribution in [2.45, 2.75) is 13.0 Å². The van der Waals surface area contributed by atoms with Gasteiger partial charge in [0.15, 0.2) is 11.5 Å². The lowest BCUT2D eigenvalue weighted by Gasteiger charge is -2.03. The predicted octanol–water partition coefficient (Wildman–Crippen LogP) is 2.16. The van der Waals surface area contributed by atoms with Gasteiger partial charge in [-0.05, 0) is 25.1 Å². The molecule has 0 saturated carbocycles. The fraction of sp³-hybridized carbons (Fsp3) is 0.333. The first-order valence-corrected chi connectivity index (χ1v) is 5.39. The van der Waals surface area contributed by atoms with Crippen molar-refractivity contribution >= 4 is 0 Å². The molecular formula is C12H14N2O4. The minimum absolute atomic E-state index is 0.0227. The molecule has 0 aliphatic rings. The molecule has 0 saturated heterocycles. The van der Waals surface area contributed by atoms with Crippen LogP contribution in [0.25, 0.3) is 11.5 Å². The van der Waals surface area contributed by atoms with Crippen LogP contribution in [0.4, 0.5) is 0 Å². The lowest BCUT2D eigenvalue weighted by Crippen LogP contribution is -1.97. The van der Waals surface area contributed by atoms with Gasteiger partial charge in [-0.25, -0.2) is 0 Å². The second-order valence-electron chi connectivity index (χ2n) is 3.72. The minimum Gasteiger partial charge on any atom is -0.504 e. The molecule has 0 radical (unpaired) electrons. The summed E-state index contributed by atoms with van der Waals surface area (Å²) in [5, 5.41) is 13.5. The van der Waals surface area contributed by atoms with E-state index >= 15 is 0 Å². The maximum atomic E-state index is 9.68. The van der Waals surface area contributed by atoms with Crippen LogP contribution in [0, 0.1) is 0 Å². The molecule has 1 aromatic carbocycles. The van der Waals surface area contributed by atoms with Gasteiger partial charge < -0.3 is 19.1 Å². The van der Waals surface area contributed by atoms with E-state index in [0.29, 0.717) is 23.0 Å². The van der Waals surface area contributed by atoms with Gasteiger partial charge in [0, 0.05) is 12.7 Å². The topological polar surface area (TPSA) is 77.6 Å². The molecule has 1 atom stereocenters. The monoisotopic (exact) mass is 250 g/mol. The van der Waals surface area contributed by atoms with E-state index in [2.05, 4.69) is 10.1 Å². The van der Waals surface area contributed by atoms with Gasteiger partial charge in [-0.1, -0.05) is 5.16 Å². The fourth-order valence-electron chi connectivity index (χ4n) is 1.45. The smallest absolute Gasteiger partial charge is 0.258 e. The van der Waals surface area contributed by atoms with Crippen molar-refractivity contribution in [2.75, 3.05) is 14.2 Å². The molecule has 0 spiro atoms. The fourth-order valence-corrected chi connectivity index (χ4v) is 1.45. The Hall–Kier alpha value is -2.08. The first-order valence-electron chi connectivity index (χ1n) is 5.39. The zero-order valence-electron chi connectivity index (χ0n) is 10.4. The van der Waals surface area contributed by atoms with Crippen LogP contribution in [0.3, 0.4) is 0 Å². The summed E-state index contributed by atoms with van der Waals surface area (Å²) in [7, 11) is 3.06. The number of phenolic OH excluding ortho intramolecular Hbond substituents is 1. The Morgan fingerprint density at radius 3 is 2.72 bits per heavy atom. The standard InChI is InChI=1S/C12H14N2O4/c1-7(16-2)11-13-12(18-14-11)8-4-5-10(17-3)9(15)6-8/h4-7,15H,1-3H3. The third-order valence-corrected chi connectivity index (χ3v) is 2.58. The third kappa shape index (κ3) is 2.28. The Morgan fingerprint density at radius 1 is 1.33 bits per heavy atom. The quantitative estimate of drug-likeness (QED) is 0.895. The summed E-state index contributed by atoms with van der Waals surface area (Å²) in [5.74, 6) is 1.20. The summed E-state index contributed by atoms with van der Waals surface area (Å²) < 4.78 is 15.2. The van der Waals surface area contributed by atoms with Crippen molar-refractivity contribution in [2.24, 2.45) is 0 Å². The highest BCUT2D eigenvalue weighted by atomic mass is 16.5. The molecule has 2 rings (SSSR count). The minimum atomic E-state index is -0.241. The van der Waals surface area contributed by atoms with Gasteiger partial charge in [-0.2, -0.15) is 4.98 Å². The van der Waals surface area contributed by atoms with Crippen LogP contribution < -0.4 is 4.74 Å². The normalized spacial score (nSPS) is 12.4. The molecule has 6 nitrogen and oxygen atoms in total. The van der Waals surface area contributed by atoms with Gasteiger partial charge in [-0.3, -0.25) is 0 Å². The summed E-state index contributed by atoms with van der Waals surface area (Å²) in [5.41, 5.74) is 0.621. The Labute approximate surface area is 104 Å². The highest BCUT2D eigenvalue weighted by molar-refractivity contribution is 5.59. The molecule has 1 N–H and O–H groups in total.